The van der Waals surface area contributed by atoms with Gasteiger partial charge in [-0.3, -0.25) is 4.79 Å². The fraction of sp³-hybridized carbons (Fsp3) is 0.273. The van der Waals surface area contributed by atoms with Crippen molar-refractivity contribution in [1.82, 2.24) is 0 Å². The van der Waals surface area contributed by atoms with E-state index in [4.69, 9.17) is 10.00 Å². The fourth-order valence-corrected chi connectivity index (χ4v) is 1.59. The highest BCUT2D eigenvalue weighted by Crippen LogP contribution is 2.27. The van der Waals surface area contributed by atoms with Gasteiger partial charge in [-0.2, -0.15) is 5.26 Å². The van der Waals surface area contributed by atoms with E-state index >= 15 is 0 Å². The fourth-order valence-electron chi connectivity index (χ4n) is 1.05. The highest BCUT2D eigenvalue weighted by Gasteiger charge is 2.12. The Labute approximate surface area is 102 Å². The number of methoxy groups -OCH3 is 1. The number of ether oxygens (including phenoxy) is 1. The Hall–Kier alpha value is -1.54. The van der Waals surface area contributed by atoms with Gasteiger partial charge in [0.2, 0.25) is 5.91 Å². The average molecular weight is 283 g/mol. The summed E-state index contributed by atoms with van der Waals surface area (Å²) in [5.74, 6) is -0.299. The van der Waals surface area contributed by atoms with Crippen LogP contribution in [0.25, 0.3) is 0 Å². The SMILES string of the molecule is COc1ccc(NC(=O)C(C)C#N)cc1Br. The lowest BCUT2D eigenvalue weighted by atomic mass is 10.2. The minimum atomic E-state index is -0.666. The molecule has 1 aromatic rings. The van der Waals surface area contributed by atoms with E-state index in [9.17, 15) is 4.79 Å². The Kier molecular flexibility index (Phi) is 4.32. The van der Waals surface area contributed by atoms with Gasteiger partial charge in [0, 0.05) is 5.69 Å². The molecule has 16 heavy (non-hydrogen) atoms. The molecule has 1 rings (SSSR count). The second kappa shape index (κ2) is 5.52. The van der Waals surface area contributed by atoms with E-state index in [0.717, 1.165) is 4.47 Å². The molecule has 0 spiro atoms. The van der Waals surface area contributed by atoms with Crippen molar-refractivity contribution >= 4 is 27.5 Å². The zero-order valence-corrected chi connectivity index (χ0v) is 10.5. The number of carbonyl (C=O) groups excluding carboxylic acids is 1. The molecule has 0 aromatic heterocycles. The van der Waals surface area contributed by atoms with E-state index in [0.29, 0.717) is 11.4 Å². The molecule has 1 atom stereocenters. The molecule has 0 bridgehead atoms. The topological polar surface area (TPSA) is 62.1 Å². The molecule has 0 radical (unpaired) electrons. The second-order valence-electron chi connectivity index (χ2n) is 3.19. The summed E-state index contributed by atoms with van der Waals surface area (Å²) in [6, 6.07) is 7.04. The summed E-state index contributed by atoms with van der Waals surface area (Å²) in [5, 5.41) is 11.2. The molecular weight excluding hydrogens is 272 g/mol. The van der Waals surface area contributed by atoms with Crippen molar-refractivity contribution in [2.75, 3.05) is 12.4 Å². The van der Waals surface area contributed by atoms with Crippen molar-refractivity contribution in [2.45, 2.75) is 6.92 Å². The molecule has 4 nitrogen and oxygen atoms in total. The molecular formula is C11H11BrN2O2. The largest absolute Gasteiger partial charge is 0.496 e. The maximum atomic E-state index is 11.4. The van der Waals surface area contributed by atoms with Crippen LogP contribution in [0.4, 0.5) is 5.69 Å². The highest BCUT2D eigenvalue weighted by atomic mass is 79.9. The van der Waals surface area contributed by atoms with E-state index in [1.165, 1.54) is 0 Å². The monoisotopic (exact) mass is 282 g/mol. The van der Waals surface area contributed by atoms with Crippen LogP contribution in [0.3, 0.4) is 0 Å². The standard InChI is InChI=1S/C11H11BrN2O2/c1-7(6-13)11(15)14-8-3-4-10(16-2)9(12)5-8/h3-5,7H,1-2H3,(H,14,15). The molecule has 0 aliphatic carbocycles. The summed E-state index contributed by atoms with van der Waals surface area (Å²) < 4.78 is 5.81. The first-order valence-electron chi connectivity index (χ1n) is 4.62. The van der Waals surface area contributed by atoms with E-state index in [-0.39, 0.29) is 5.91 Å². The van der Waals surface area contributed by atoms with Gasteiger partial charge >= 0.3 is 0 Å². The Morgan fingerprint density at radius 3 is 2.81 bits per heavy atom. The van der Waals surface area contributed by atoms with Gasteiger partial charge < -0.3 is 10.1 Å². The minimum Gasteiger partial charge on any atom is -0.496 e. The molecule has 1 amide bonds. The zero-order valence-electron chi connectivity index (χ0n) is 8.95. The van der Waals surface area contributed by atoms with Crippen LogP contribution >= 0.6 is 15.9 Å². The highest BCUT2D eigenvalue weighted by molar-refractivity contribution is 9.10. The molecule has 0 saturated carbocycles. The summed E-state index contributed by atoms with van der Waals surface area (Å²) in [6.07, 6.45) is 0. The van der Waals surface area contributed by atoms with Crippen LogP contribution in [0.2, 0.25) is 0 Å². The summed E-state index contributed by atoms with van der Waals surface area (Å²) in [5.41, 5.74) is 0.625. The second-order valence-corrected chi connectivity index (χ2v) is 4.04. The number of anilines is 1. The number of hydrogen-bond donors (Lipinski definition) is 1. The van der Waals surface area contributed by atoms with E-state index in [1.54, 1.807) is 32.2 Å². The number of nitrogens with zero attached hydrogens (tertiary/aromatic N) is 1. The van der Waals surface area contributed by atoms with Gasteiger partial charge in [0.25, 0.3) is 0 Å². The van der Waals surface area contributed by atoms with Gasteiger partial charge in [-0.15, -0.1) is 0 Å². The van der Waals surface area contributed by atoms with E-state index in [1.807, 2.05) is 6.07 Å². The molecule has 0 aliphatic rings. The molecule has 1 N–H and O–H groups in total. The molecule has 0 fully saturated rings. The third-order valence-electron chi connectivity index (χ3n) is 2.01. The predicted octanol–water partition coefficient (Wildman–Crippen LogP) is 2.56. The first kappa shape index (κ1) is 12.5. The van der Waals surface area contributed by atoms with E-state index < -0.39 is 5.92 Å². The quantitative estimate of drug-likeness (QED) is 0.927. The van der Waals surface area contributed by atoms with Gasteiger partial charge in [-0.25, -0.2) is 0 Å². The Balaban J connectivity index is 2.80. The zero-order chi connectivity index (χ0) is 12.1. The molecule has 0 aliphatic heterocycles. The van der Waals surface area contributed by atoms with Crippen molar-refractivity contribution in [3.63, 3.8) is 0 Å². The summed E-state index contributed by atoms with van der Waals surface area (Å²) in [7, 11) is 1.57. The lowest BCUT2D eigenvalue weighted by molar-refractivity contribution is -0.117. The molecule has 0 heterocycles. The van der Waals surface area contributed by atoms with Gasteiger partial charge in [0.15, 0.2) is 0 Å². The number of carbonyl (C=O) groups is 1. The number of benzene rings is 1. The molecule has 5 heteroatoms. The Morgan fingerprint density at radius 1 is 1.62 bits per heavy atom. The first-order valence-corrected chi connectivity index (χ1v) is 5.41. The lowest BCUT2D eigenvalue weighted by Crippen LogP contribution is -2.18. The Bertz CT molecular complexity index is 440. The van der Waals surface area contributed by atoms with Gasteiger partial charge in [-0.1, -0.05) is 0 Å². The molecule has 1 aromatic carbocycles. The number of hydrogen-bond acceptors (Lipinski definition) is 3. The maximum Gasteiger partial charge on any atom is 0.241 e. The average Bonchev–Trinajstić information content (AvgIpc) is 2.28. The van der Waals surface area contributed by atoms with Crippen LogP contribution < -0.4 is 10.1 Å². The number of nitriles is 1. The first-order chi connectivity index (χ1) is 7.58. The van der Waals surface area contributed by atoms with Gasteiger partial charge in [0.05, 0.1) is 17.7 Å². The number of nitrogens with one attached hydrogen (secondary N) is 1. The third-order valence-corrected chi connectivity index (χ3v) is 2.63. The smallest absolute Gasteiger partial charge is 0.241 e. The van der Waals surface area contributed by atoms with Crippen LogP contribution in [0, 0.1) is 17.2 Å². The van der Waals surface area contributed by atoms with Crippen molar-refractivity contribution in [1.29, 1.82) is 5.26 Å². The summed E-state index contributed by atoms with van der Waals surface area (Å²) in [6.45, 7) is 1.55. The van der Waals surface area contributed by atoms with Crippen LogP contribution in [0.1, 0.15) is 6.92 Å². The Morgan fingerprint density at radius 2 is 2.31 bits per heavy atom. The predicted molar refractivity (Wildman–Crippen MR) is 64.1 cm³/mol. The molecule has 0 saturated heterocycles. The maximum absolute atomic E-state index is 11.4. The summed E-state index contributed by atoms with van der Waals surface area (Å²) in [4.78, 5) is 11.4. The van der Waals surface area contributed by atoms with Crippen LogP contribution in [-0.4, -0.2) is 13.0 Å². The van der Waals surface area contributed by atoms with Crippen LogP contribution in [-0.2, 0) is 4.79 Å². The van der Waals surface area contributed by atoms with Crippen LogP contribution in [0.5, 0.6) is 5.75 Å². The normalized spacial score (nSPS) is 11.4. The molecule has 1 unspecified atom stereocenters. The van der Waals surface area contributed by atoms with Gasteiger partial charge in [-0.05, 0) is 41.1 Å². The van der Waals surface area contributed by atoms with Crippen molar-refractivity contribution in [2.24, 2.45) is 5.92 Å². The lowest BCUT2D eigenvalue weighted by Gasteiger charge is -2.08. The number of halogens is 1. The van der Waals surface area contributed by atoms with E-state index in [2.05, 4.69) is 21.2 Å². The third kappa shape index (κ3) is 2.97. The molecule has 84 valence electrons. The van der Waals surface area contributed by atoms with Crippen molar-refractivity contribution in [3.8, 4) is 11.8 Å². The number of rotatable bonds is 3. The minimum absolute atomic E-state index is 0.320. The number of amides is 1. The van der Waals surface area contributed by atoms with Crippen LogP contribution in [0.15, 0.2) is 22.7 Å². The van der Waals surface area contributed by atoms with Gasteiger partial charge in [0.1, 0.15) is 11.7 Å². The van der Waals surface area contributed by atoms with Crippen molar-refractivity contribution in [3.05, 3.63) is 22.7 Å². The summed E-state index contributed by atoms with van der Waals surface area (Å²) >= 11 is 3.31. The van der Waals surface area contributed by atoms with Crippen molar-refractivity contribution < 1.29 is 9.53 Å².